The van der Waals surface area contributed by atoms with Crippen LogP contribution in [0.25, 0.3) is 0 Å². The Kier molecular flexibility index (Phi) is 5.37. The first-order valence-corrected chi connectivity index (χ1v) is 9.06. The van der Waals surface area contributed by atoms with Crippen LogP contribution in [-0.4, -0.2) is 22.0 Å². The number of benzene rings is 1. The van der Waals surface area contributed by atoms with Crippen molar-refractivity contribution in [3.05, 3.63) is 34.6 Å². The Hall–Kier alpha value is -2.35. The second-order valence-corrected chi connectivity index (χ2v) is 7.12. The van der Waals surface area contributed by atoms with Crippen molar-refractivity contribution in [3.63, 3.8) is 0 Å². The van der Waals surface area contributed by atoms with Crippen molar-refractivity contribution in [3.8, 4) is 0 Å². The molecule has 8 heteroatoms. The van der Waals surface area contributed by atoms with E-state index in [0.29, 0.717) is 16.7 Å². The van der Waals surface area contributed by atoms with Gasteiger partial charge in [0, 0.05) is 18.5 Å². The number of carbonyl (C=O) groups excluding carboxylic acids is 2. The van der Waals surface area contributed by atoms with Crippen LogP contribution in [0.2, 0.25) is 0 Å². The first-order valence-electron chi connectivity index (χ1n) is 8.25. The van der Waals surface area contributed by atoms with Crippen LogP contribution in [0.3, 0.4) is 0 Å². The molecule has 2 aromatic rings. The zero-order valence-electron chi connectivity index (χ0n) is 13.8. The number of nitrogens with zero attached hydrogens (tertiary/aromatic N) is 2. The van der Waals surface area contributed by atoms with Crippen molar-refractivity contribution in [1.82, 2.24) is 10.2 Å². The van der Waals surface area contributed by atoms with E-state index < -0.39 is 11.7 Å². The molecule has 1 fully saturated rings. The van der Waals surface area contributed by atoms with E-state index in [2.05, 4.69) is 20.8 Å². The molecule has 132 valence electrons. The van der Waals surface area contributed by atoms with Crippen molar-refractivity contribution in [2.24, 2.45) is 0 Å². The molecule has 3 rings (SSSR count). The summed E-state index contributed by atoms with van der Waals surface area (Å²) in [6.45, 7) is 1.33. The number of aromatic nitrogens is 2. The molecule has 1 aliphatic carbocycles. The Balaban J connectivity index is 1.68. The Morgan fingerprint density at radius 1 is 1.16 bits per heavy atom. The zero-order chi connectivity index (χ0) is 17.8. The molecule has 2 amide bonds. The molecule has 2 N–H and O–H groups in total. The van der Waals surface area contributed by atoms with Gasteiger partial charge in [0.05, 0.1) is 5.56 Å². The van der Waals surface area contributed by atoms with Gasteiger partial charge in [0.15, 0.2) is 0 Å². The van der Waals surface area contributed by atoms with Gasteiger partial charge in [0.25, 0.3) is 5.91 Å². The summed E-state index contributed by atoms with van der Waals surface area (Å²) in [7, 11) is 0. The minimum atomic E-state index is -0.708. The van der Waals surface area contributed by atoms with Crippen molar-refractivity contribution < 1.29 is 14.0 Å². The molecule has 6 nitrogen and oxygen atoms in total. The summed E-state index contributed by atoms with van der Waals surface area (Å²) < 4.78 is 14.1. The average Bonchev–Trinajstić information content (AvgIpc) is 3.03. The van der Waals surface area contributed by atoms with E-state index in [1.165, 1.54) is 49.7 Å². The van der Waals surface area contributed by atoms with E-state index in [0.717, 1.165) is 23.9 Å². The molecule has 0 spiro atoms. The van der Waals surface area contributed by atoms with Gasteiger partial charge in [0.1, 0.15) is 10.8 Å². The van der Waals surface area contributed by atoms with Crippen LogP contribution in [0.5, 0.6) is 0 Å². The largest absolute Gasteiger partial charge is 0.326 e. The van der Waals surface area contributed by atoms with E-state index in [4.69, 9.17) is 0 Å². The van der Waals surface area contributed by atoms with Crippen molar-refractivity contribution >= 4 is 34.0 Å². The molecular weight excluding hydrogens is 343 g/mol. The first kappa shape index (κ1) is 17.5. The number of nitrogens with one attached hydrogen (secondary N) is 2. The third kappa shape index (κ3) is 4.39. The normalized spacial score (nSPS) is 15.0. The Bertz CT molecular complexity index is 787. The van der Waals surface area contributed by atoms with Gasteiger partial charge in [-0.2, -0.15) is 0 Å². The lowest BCUT2D eigenvalue weighted by Gasteiger charge is -2.18. The summed E-state index contributed by atoms with van der Waals surface area (Å²) in [6, 6.07) is 3.93. The number of halogens is 1. The average molecular weight is 362 g/mol. The number of hydrogen-bond acceptors (Lipinski definition) is 5. The van der Waals surface area contributed by atoms with Crippen LogP contribution in [-0.2, 0) is 4.79 Å². The number of carbonyl (C=O) groups is 2. The molecule has 1 aromatic heterocycles. The number of amides is 2. The van der Waals surface area contributed by atoms with E-state index in [-0.39, 0.29) is 11.5 Å². The summed E-state index contributed by atoms with van der Waals surface area (Å²) in [4.78, 5) is 23.2. The van der Waals surface area contributed by atoms with Gasteiger partial charge in [0.2, 0.25) is 11.0 Å². The predicted octanol–water partition coefficient (Wildman–Crippen LogP) is 3.94. The molecule has 0 radical (unpaired) electrons. The van der Waals surface area contributed by atoms with Gasteiger partial charge in [-0.05, 0) is 31.0 Å². The molecule has 1 heterocycles. The van der Waals surface area contributed by atoms with E-state index in [1.54, 1.807) is 0 Å². The number of hydrogen-bond donors (Lipinski definition) is 2. The Morgan fingerprint density at radius 3 is 2.60 bits per heavy atom. The van der Waals surface area contributed by atoms with Crippen LogP contribution in [0, 0.1) is 5.82 Å². The molecule has 0 atom stereocenters. The number of anilines is 2. The summed E-state index contributed by atoms with van der Waals surface area (Å²) in [5.74, 6) is -1.19. The van der Waals surface area contributed by atoms with Crippen LogP contribution in [0.15, 0.2) is 18.2 Å². The fourth-order valence-electron chi connectivity index (χ4n) is 2.94. The molecule has 1 aliphatic rings. The molecule has 1 aromatic carbocycles. The van der Waals surface area contributed by atoms with Gasteiger partial charge in [-0.25, -0.2) is 4.39 Å². The van der Waals surface area contributed by atoms with E-state index in [9.17, 15) is 14.0 Å². The molecule has 0 unspecified atom stereocenters. The Labute approximate surface area is 148 Å². The summed E-state index contributed by atoms with van der Waals surface area (Å²) >= 11 is 1.35. The molecular formula is C17H19FN4O2S. The quantitative estimate of drug-likeness (QED) is 0.863. The SMILES string of the molecule is CC(=O)Nc1ccc(C(=O)Nc2nnc(C3CCCCC3)s2)c(F)c1. The minimum absolute atomic E-state index is 0.108. The van der Waals surface area contributed by atoms with Gasteiger partial charge in [-0.15, -0.1) is 10.2 Å². The lowest BCUT2D eigenvalue weighted by atomic mass is 9.90. The number of rotatable bonds is 4. The highest BCUT2D eigenvalue weighted by Crippen LogP contribution is 2.35. The highest BCUT2D eigenvalue weighted by molar-refractivity contribution is 7.15. The van der Waals surface area contributed by atoms with Crippen LogP contribution < -0.4 is 10.6 Å². The van der Waals surface area contributed by atoms with Crippen LogP contribution in [0.4, 0.5) is 15.2 Å². The predicted molar refractivity (Wildman–Crippen MR) is 94.4 cm³/mol. The summed E-state index contributed by atoms with van der Waals surface area (Å²) in [6.07, 6.45) is 5.84. The van der Waals surface area contributed by atoms with Crippen LogP contribution in [0.1, 0.15) is 60.3 Å². The maximum atomic E-state index is 14.1. The molecule has 25 heavy (non-hydrogen) atoms. The topological polar surface area (TPSA) is 84.0 Å². The second kappa shape index (κ2) is 7.69. The summed E-state index contributed by atoms with van der Waals surface area (Å²) in [5, 5.41) is 14.5. The van der Waals surface area contributed by atoms with Crippen molar-refractivity contribution in [2.75, 3.05) is 10.6 Å². The highest BCUT2D eigenvalue weighted by atomic mass is 32.1. The molecule has 1 saturated carbocycles. The first-order chi connectivity index (χ1) is 12.0. The zero-order valence-corrected chi connectivity index (χ0v) is 14.7. The highest BCUT2D eigenvalue weighted by Gasteiger charge is 2.21. The van der Waals surface area contributed by atoms with Crippen LogP contribution >= 0.6 is 11.3 Å². The minimum Gasteiger partial charge on any atom is -0.326 e. The van der Waals surface area contributed by atoms with Gasteiger partial charge >= 0.3 is 0 Å². The van der Waals surface area contributed by atoms with E-state index >= 15 is 0 Å². The summed E-state index contributed by atoms with van der Waals surface area (Å²) in [5.41, 5.74) is 0.195. The molecule has 0 aliphatic heterocycles. The van der Waals surface area contributed by atoms with Gasteiger partial charge in [-0.1, -0.05) is 30.6 Å². The van der Waals surface area contributed by atoms with Gasteiger partial charge < -0.3 is 5.32 Å². The monoisotopic (exact) mass is 362 g/mol. The fourth-order valence-corrected chi connectivity index (χ4v) is 3.85. The Morgan fingerprint density at radius 2 is 1.92 bits per heavy atom. The standard InChI is InChI=1S/C17H19FN4O2S/c1-10(23)19-12-7-8-13(14(18)9-12)15(24)20-17-22-21-16(25-17)11-5-3-2-4-6-11/h7-9,11H,2-6H2,1H3,(H,19,23)(H,20,22,24). The fraction of sp³-hybridized carbons (Fsp3) is 0.412. The molecule has 0 bridgehead atoms. The molecule has 0 saturated heterocycles. The van der Waals surface area contributed by atoms with E-state index in [1.807, 2.05) is 0 Å². The van der Waals surface area contributed by atoms with Gasteiger partial charge in [-0.3, -0.25) is 14.9 Å². The van der Waals surface area contributed by atoms with Crippen molar-refractivity contribution in [2.45, 2.75) is 44.9 Å². The lowest BCUT2D eigenvalue weighted by Crippen LogP contribution is -2.14. The second-order valence-electron chi connectivity index (χ2n) is 6.11. The lowest BCUT2D eigenvalue weighted by molar-refractivity contribution is -0.114. The van der Waals surface area contributed by atoms with Crippen molar-refractivity contribution in [1.29, 1.82) is 0 Å². The maximum Gasteiger partial charge on any atom is 0.260 e. The third-order valence-electron chi connectivity index (χ3n) is 4.15. The maximum absolute atomic E-state index is 14.1. The third-order valence-corrected chi connectivity index (χ3v) is 5.15. The smallest absolute Gasteiger partial charge is 0.260 e.